The van der Waals surface area contributed by atoms with E-state index in [1.165, 1.54) is 6.26 Å². The zero-order chi connectivity index (χ0) is 13.8. The van der Waals surface area contributed by atoms with Gasteiger partial charge in [-0.2, -0.15) is 0 Å². The topological polar surface area (TPSA) is 62.5 Å². The van der Waals surface area contributed by atoms with Crippen LogP contribution in [0.1, 0.15) is 27.8 Å². The Labute approximate surface area is 119 Å². The molecule has 1 aromatic carbocycles. The molecule has 1 aromatic heterocycles. The Morgan fingerprint density at radius 2 is 2.26 bits per heavy atom. The Bertz CT molecular complexity index is 566. The average Bonchev–Trinajstić information content (AvgIpc) is 2.89. The predicted octanol–water partition coefficient (Wildman–Crippen LogP) is 2.81. The molecule has 5 heteroatoms. The van der Waals surface area contributed by atoms with E-state index in [1.807, 2.05) is 19.1 Å². The van der Waals surface area contributed by atoms with Gasteiger partial charge in [-0.25, -0.2) is 0 Å². The van der Waals surface area contributed by atoms with Gasteiger partial charge >= 0.3 is 0 Å². The van der Waals surface area contributed by atoms with Gasteiger partial charge < -0.3 is 14.8 Å². The van der Waals surface area contributed by atoms with E-state index in [-0.39, 0.29) is 12.5 Å². The standard InChI is InChI=1S/C14H14BrNO3/c1-9-4-5-10(11(15)7-9)14(18)16-8-12(17)13-3-2-6-19-13/h2-7,12,17H,8H2,1H3,(H,16,18). The van der Waals surface area contributed by atoms with Crippen LogP contribution in [0.15, 0.2) is 45.5 Å². The van der Waals surface area contributed by atoms with Crippen molar-refractivity contribution in [3.05, 3.63) is 58.0 Å². The molecule has 4 nitrogen and oxygen atoms in total. The van der Waals surface area contributed by atoms with Crippen LogP contribution in [0.4, 0.5) is 0 Å². The Hall–Kier alpha value is -1.59. The van der Waals surface area contributed by atoms with Crippen LogP contribution in [-0.4, -0.2) is 17.6 Å². The molecule has 0 saturated carbocycles. The van der Waals surface area contributed by atoms with E-state index in [1.54, 1.807) is 18.2 Å². The normalized spacial score (nSPS) is 12.2. The minimum atomic E-state index is -0.844. The minimum Gasteiger partial charge on any atom is -0.467 e. The molecule has 0 radical (unpaired) electrons. The van der Waals surface area contributed by atoms with E-state index in [9.17, 15) is 9.90 Å². The number of aliphatic hydroxyl groups is 1. The Kier molecular flexibility index (Phi) is 4.39. The summed E-state index contributed by atoms with van der Waals surface area (Å²) in [6, 6.07) is 8.84. The fraction of sp³-hybridized carbons (Fsp3) is 0.214. The van der Waals surface area contributed by atoms with Gasteiger partial charge in [0, 0.05) is 4.47 Å². The van der Waals surface area contributed by atoms with E-state index in [4.69, 9.17) is 4.42 Å². The van der Waals surface area contributed by atoms with Crippen molar-refractivity contribution in [3.8, 4) is 0 Å². The van der Waals surface area contributed by atoms with E-state index in [2.05, 4.69) is 21.2 Å². The highest BCUT2D eigenvalue weighted by molar-refractivity contribution is 9.10. The summed E-state index contributed by atoms with van der Waals surface area (Å²) in [4.78, 5) is 12.0. The van der Waals surface area contributed by atoms with Gasteiger partial charge in [0.25, 0.3) is 5.91 Å². The zero-order valence-corrected chi connectivity index (χ0v) is 12.0. The molecule has 0 fully saturated rings. The van der Waals surface area contributed by atoms with Crippen LogP contribution in [-0.2, 0) is 0 Å². The lowest BCUT2D eigenvalue weighted by Crippen LogP contribution is -2.28. The van der Waals surface area contributed by atoms with Gasteiger partial charge in [0.1, 0.15) is 11.9 Å². The largest absolute Gasteiger partial charge is 0.467 e. The molecule has 0 bridgehead atoms. The number of halogens is 1. The number of carbonyl (C=O) groups is 1. The number of rotatable bonds is 4. The molecular formula is C14H14BrNO3. The molecule has 100 valence electrons. The van der Waals surface area contributed by atoms with Gasteiger partial charge in [0.05, 0.1) is 18.4 Å². The number of benzene rings is 1. The molecule has 2 rings (SSSR count). The van der Waals surface area contributed by atoms with E-state index < -0.39 is 6.10 Å². The summed E-state index contributed by atoms with van der Waals surface area (Å²) in [7, 11) is 0. The van der Waals surface area contributed by atoms with E-state index in [0.29, 0.717) is 11.3 Å². The SMILES string of the molecule is Cc1ccc(C(=O)NCC(O)c2ccco2)c(Br)c1. The van der Waals surface area contributed by atoms with Crippen molar-refractivity contribution in [1.82, 2.24) is 5.32 Å². The first kappa shape index (κ1) is 13.8. The van der Waals surface area contributed by atoms with Crippen LogP contribution >= 0.6 is 15.9 Å². The summed E-state index contributed by atoms with van der Waals surface area (Å²) in [5, 5.41) is 12.5. The molecule has 2 aromatic rings. The van der Waals surface area contributed by atoms with Gasteiger partial charge in [0.15, 0.2) is 0 Å². The van der Waals surface area contributed by atoms with Crippen molar-refractivity contribution in [1.29, 1.82) is 0 Å². The lowest BCUT2D eigenvalue weighted by atomic mass is 10.1. The molecule has 0 aliphatic rings. The number of nitrogens with one attached hydrogen (secondary N) is 1. The highest BCUT2D eigenvalue weighted by atomic mass is 79.9. The van der Waals surface area contributed by atoms with Crippen LogP contribution in [0.2, 0.25) is 0 Å². The summed E-state index contributed by atoms with van der Waals surface area (Å²) < 4.78 is 5.80. The molecule has 0 aliphatic carbocycles. The Balaban J connectivity index is 1.98. The summed E-state index contributed by atoms with van der Waals surface area (Å²) >= 11 is 3.35. The number of furan rings is 1. The zero-order valence-electron chi connectivity index (χ0n) is 10.4. The van der Waals surface area contributed by atoms with Crippen molar-refractivity contribution < 1.29 is 14.3 Å². The quantitative estimate of drug-likeness (QED) is 0.909. The fourth-order valence-electron chi connectivity index (χ4n) is 1.67. The molecule has 0 aliphatic heterocycles. The first-order valence-corrected chi connectivity index (χ1v) is 6.63. The van der Waals surface area contributed by atoms with Crippen molar-refractivity contribution in [2.45, 2.75) is 13.0 Å². The van der Waals surface area contributed by atoms with E-state index >= 15 is 0 Å². The van der Waals surface area contributed by atoms with Crippen molar-refractivity contribution >= 4 is 21.8 Å². The molecule has 2 N–H and O–H groups in total. The predicted molar refractivity (Wildman–Crippen MR) is 74.9 cm³/mol. The molecule has 0 spiro atoms. The van der Waals surface area contributed by atoms with Gasteiger partial charge in [-0.15, -0.1) is 0 Å². The van der Waals surface area contributed by atoms with Crippen molar-refractivity contribution in [2.75, 3.05) is 6.54 Å². The first-order chi connectivity index (χ1) is 9.08. The van der Waals surface area contributed by atoms with Crippen LogP contribution in [0.25, 0.3) is 0 Å². The smallest absolute Gasteiger partial charge is 0.252 e. The monoisotopic (exact) mass is 323 g/mol. The fourth-order valence-corrected chi connectivity index (χ4v) is 2.34. The Morgan fingerprint density at radius 3 is 2.89 bits per heavy atom. The maximum atomic E-state index is 12.0. The third-order valence-electron chi connectivity index (χ3n) is 2.70. The molecule has 1 atom stereocenters. The summed E-state index contributed by atoms with van der Waals surface area (Å²) in [5.74, 6) is 0.195. The number of aryl methyl sites for hydroxylation is 1. The molecule has 19 heavy (non-hydrogen) atoms. The van der Waals surface area contributed by atoms with Gasteiger partial charge in [-0.05, 0) is 52.7 Å². The van der Waals surface area contributed by atoms with Crippen LogP contribution in [0, 0.1) is 6.92 Å². The summed E-state index contributed by atoms with van der Waals surface area (Å²) in [5.41, 5.74) is 1.61. The molecule has 1 amide bonds. The third kappa shape index (κ3) is 3.45. The molecule has 1 unspecified atom stereocenters. The van der Waals surface area contributed by atoms with Gasteiger partial charge in [0.2, 0.25) is 0 Å². The molecule has 1 heterocycles. The average molecular weight is 324 g/mol. The number of amides is 1. The minimum absolute atomic E-state index is 0.104. The second-order valence-electron chi connectivity index (χ2n) is 4.22. The number of hydrogen-bond acceptors (Lipinski definition) is 3. The van der Waals surface area contributed by atoms with E-state index in [0.717, 1.165) is 10.0 Å². The summed E-state index contributed by atoms with van der Waals surface area (Å²) in [6.07, 6.45) is 0.639. The van der Waals surface area contributed by atoms with Gasteiger partial charge in [-0.1, -0.05) is 6.07 Å². The van der Waals surface area contributed by atoms with Gasteiger partial charge in [-0.3, -0.25) is 4.79 Å². The third-order valence-corrected chi connectivity index (χ3v) is 3.35. The van der Waals surface area contributed by atoms with Crippen LogP contribution in [0.3, 0.4) is 0 Å². The highest BCUT2D eigenvalue weighted by Crippen LogP contribution is 2.18. The van der Waals surface area contributed by atoms with Crippen molar-refractivity contribution in [2.24, 2.45) is 0 Å². The van der Waals surface area contributed by atoms with Crippen LogP contribution < -0.4 is 5.32 Å². The number of carbonyl (C=O) groups excluding carboxylic acids is 1. The van der Waals surface area contributed by atoms with Crippen LogP contribution in [0.5, 0.6) is 0 Å². The van der Waals surface area contributed by atoms with Crippen molar-refractivity contribution in [3.63, 3.8) is 0 Å². The second-order valence-corrected chi connectivity index (χ2v) is 5.08. The lowest BCUT2D eigenvalue weighted by molar-refractivity contribution is 0.0900. The first-order valence-electron chi connectivity index (χ1n) is 5.83. The summed E-state index contributed by atoms with van der Waals surface area (Å²) in [6.45, 7) is 2.06. The number of hydrogen-bond donors (Lipinski definition) is 2. The number of aliphatic hydroxyl groups excluding tert-OH is 1. The lowest BCUT2D eigenvalue weighted by Gasteiger charge is -2.10. The Morgan fingerprint density at radius 1 is 1.47 bits per heavy atom. The highest BCUT2D eigenvalue weighted by Gasteiger charge is 2.14. The molecular weight excluding hydrogens is 310 g/mol. The maximum Gasteiger partial charge on any atom is 0.252 e. The second kappa shape index (κ2) is 6.04. The molecule has 0 saturated heterocycles. The maximum absolute atomic E-state index is 12.0.